The molecule has 2 rings (SSSR count). The maximum Gasteiger partial charge on any atom is 0.215 e. The van der Waals surface area contributed by atoms with E-state index in [0.29, 0.717) is 11.1 Å². The Morgan fingerprint density at radius 3 is 2.47 bits per heavy atom. The summed E-state index contributed by atoms with van der Waals surface area (Å²) in [6.45, 7) is 6.13. The summed E-state index contributed by atoms with van der Waals surface area (Å²) in [5.74, 6) is 0.496. The van der Waals surface area contributed by atoms with Gasteiger partial charge in [0.1, 0.15) is 0 Å². The predicted molar refractivity (Wildman–Crippen MR) is 74.2 cm³/mol. The number of hydrogen-bond acceptors (Lipinski definition) is 5. The molecule has 1 heterocycles. The van der Waals surface area contributed by atoms with Gasteiger partial charge in [-0.05, 0) is 41.0 Å². The van der Waals surface area contributed by atoms with E-state index >= 15 is 0 Å². The first-order valence-electron chi connectivity index (χ1n) is 6.07. The van der Waals surface area contributed by atoms with Gasteiger partial charge in [0, 0.05) is 0 Å². The summed E-state index contributed by atoms with van der Waals surface area (Å²) < 4.78 is 1.66. The summed E-state index contributed by atoms with van der Waals surface area (Å²) in [6.07, 6.45) is 0. The molecule has 6 heteroatoms. The van der Waals surface area contributed by atoms with Crippen LogP contribution in [0.3, 0.4) is 0 Å². The van der Waals surface area contributed by atoms with Crippen LogP contribution in [0, 0.1) is 11.3 Å². The Hall–Kier alpha value is -1.87. The number of tetrazole rings is 1. The Bertz CT molecular complexity index is 582. The van der Waals surface area contributed by atoms with E-state index in [-0.39, 0.29) is 5.25 Å². The summed E-state index contributed by atoms with van der Waals surface area (Å²) >= 11 is 1.35. The monoisotopic (exact) mass is 273 g/mol. The van der Waals surface area contributed by atoms with Crippen LogP contribution in [-0.4, -0.2) is 25.5 Å². The summed E-state index contributed by atoms with van der Waals surface area (Å²) in [7, 11) is 0. The number of thioether (sulfide) groups is 1. The van der Waals surface area contributed by atoms with Gasteiger partial charge in [-0.25, -0.2) is 0 Å². The first-order valence-corrected chi connectivity index (χ1v) is 6.94. The minimum atomic E-state index is -0.181. The molecule has 0 aliphatic heterocycles. The number of hydrogen-bond donors (Lipinski definition) is 0. The highest BCUT2D eigenvalue weighted by atomic mass is 32.2. The molecule has 0 radical (unpaired) electrons. The molecule has 0 bridgehead atoms. The Balaban J connectivity index is 2.27. The molecule has 0 spiro atoms. The van der Waals surface area contributed by atoms with Crippen molar-refractivity contribution in [3.05, 3.63) is 29.8 Å². The van der Waals surface area contributed by atoms with Crippen LogP contribution in [0.1, 0.15) is 32.3 Å². The van der Waals surface area contributed by atoms with Crippen molar-refractivity contribution in [1.82, 2.24) is 20.2 Å². The van der Waals surface area contributed by atoms with E-state index in [1.807, 2.05) is 19.1 Å². The lowest BCUT2D eigenvalue weighted by atomic mass is 10.0. The van der Waals surface area contributed by atoms with Crippen molar-refractivity contribution < 1.29 is 0 Å². The molecular formula is C13H15N5S. The molecule has 0 N–H and O–H groups in total. The third-order valence-electron chi connectivity index (χ3n) is 2.71. The van der Waals surface area contributed by atoms with E-state index in [1.165, 1.54) is 17.3 Å². The molecular weight excluding hydrogens is 258 g/mol. The second-order valence-corrected chi connectivity index (χ2v) is 5.82. The van der Waals surface area contributed by atoms with E-state index in [9.17, 15) is 0 Å². The Morgan fingerprint density at radius 2 is 1.89 bits per heavy atom. The van der Waals surface area contributed by atoms with Crippen LogP contribution in [0.25, 0.3) is 5.69 Å². The molecule has 1 atom stereocenters. The van der Waals surface area contributed by atoms with E-state index in [1.54, 1.807) is 4.68 Å². The van der Waals surface area contributed by atoms with Crippen LogP contribution in [0.15, 0.2) is 29.4 Å². The Labute approximate surface area is 116 Å². The molecule has 0 saturated heterocycles. The van der Waals surface area contributed by atoms with Crippen molar-refractivity contribution in [1.29, 1.82) is 5.26 Å². The summed E-state index contributed by atoms with van der Waals surface area (Å²) in [5.41, 5.74) is 2.18. The molecule has 0 unspecified atom stereocenters. The van der Waals surface area contributed by atoms with Crippen molar-refractivity contribution in [2.75, 3.05) is 0 Å². The molecule has 98 valence electrons. The van der Waals surface area contributed by atoms with Gasteiger partial charge < -0.3 is 0 Å². The number of nitriles is 1. The van der Waals surface area contributed by atoms with Gasteiger partial charge in [-0.2, -0.15) is 9.94 Å². The van der Waals surface area contributed by atoms with Crippen LogP contribution < -0.4 is 0 Å². The normalized spacial score (nSPS) is 12.4. The van der Waals surface area contributed by atoms with Crippen molar-refractivity contribution in [3.8, 4) is 11.8 Å². The quantitative estimate of drug-likeness (QED) is 0.801. The molecule has 0 amide bonds. The van der Waals surface area contributed by atoms with Crippen LogP contribution >= 0.6 is 11.8 Å². The maximum atomic E-state index is 8.84. The van der Waals surface area contributed by atoms with E-state index in [4.69, 9.17) is 5.26 Å². The van der Waals surface area contributed by atoms with E-state index in [0.717, 1.165) is 5.69 Å². The second-order valence-electron chi connectivity index (χ2n) is 4.51. The van der Waals surface area contributed by atoms with Gasteiger partial charge in [0.25, 0.3) is 0 Å². The largest absolute Gasteiger partial charge is 0.215 e. The third-order valence-corrected chi connectivity index (χ3v) is 3.63. The van der Waals surface area contributed by atoms with Crippen molar-refractivity contribution in [3.63, 3.8) is 0 Å². The van der Waals surface area contributed by atoms with Crippen LogP contribution in [0.2, 0.25) is 0 Å². The van der Waals surface area contributed by atoms with Crippen LogP contribution in [-0.2, 0) is 0 Å². The molecule has 1 aromatic carbocycles. The number of rotatable bonds is 4. The van der Waals surface area contributed by atoms with Gasteiger partial charge in [0.15, 0.2) is 0 Å². The summed E-state index contributed by atoms with van der Waals surface area (Å²) in [6, 6.07) is 10.3. The number of aromatic nitrogens is 4. The molecule has 0 aliphatic rings. The van der Waals surface area contributed by atoms with E-state index in [2.05, 4.69) is 47.6 Å². The highest BCUT2D eigenvalue weighted by Crippen LogP contribution is 2.23. The lowest BCUT2D eigenvalue weighted by molar-refractivity contribution is 0.754. The SMILES string of the molecule is CC(C)c1ccc(-n2nnnc2S[C@H](C)C#N)cc1. The van der Waals surface area contributed by atoms with Gasteiger partial charge in [-0.3, -0.25) is 0 Å². The van der Waals surface area contributed by atoms with Gasteiger partial charge in [-0.15, -0.1) is 5.10 Å². The zero-order valence-corrected chi connectivity index (χ0v) is 11.9. The molecule has 5 nitrogen and oxygen atoms in total. The molecule has 0 aliphatic carbocycles. The Morgan fingerprint density at radius 1 is 1.21 bits per heavy atom. The van der Waals surface area contributed by atoms with Gasteiger partial charge in [0.2, 0.25) is 5.16 Å². The summed E-state index contributed by atoms with van der Waals surface area (Å²) in [4.78, 5) is 0. The molecule has 2 aromatic rings. The lowest BCUT2D eigenvalue weighted by Gasteiger charge is -2.08. The second kappa shape index (κ2) is 5.85. The highest BCUT2D eigenvalue weighted by Gasteiger charge is 2.12. The molecule has 1 aromatic heterocycles. The third kappa shape index (κ3) is 3.12. The maximum absolute atomic E-state index is 8.84. The zero-order chi connectivity index (χ0) is 13.8. The predicted octanol–water partition coefficient (Wildman–Crippen LogP) is 2.79. The van der Waals surface area contributed by atoms with Crippen molar-refractivity contribution in [2.24, 2.45) is 0 Å². The topological polar surface area (TPSA) is 67.4 Å². The molecule has 0 fully saturated rings. The van der Waals surface area contributed by atoms with Gasteiger partial charge >= 0.3 is 0 Å². The van der Waals surface area contributed by atoms with Gasteiger partial charge in [0.05, 0.1) is 17.0 Å². The minimum Gasteiger partial charge on any atom is -0.197 e. The fourth-order valence-electron chi connectivity index (χ4n) is 1.60. The average Bonchev–Trinajstić information content (AvgIpc) is 2.86. The first kappa shape index (κ1) is 13.6. The first-order chi connectivity index (χ1) is 9.11. The van der Waals surface area contributed by atoms with Crippen LogP contribution in [0.4, 0.5) is 0 Å². The highest BCUT2D eigenvalue weighted by molar-refractivity contribution is 8.00. The summed E-state index contributed by atoms with van der Waals surface area (Å²) in [5, 5.41) is 20.9. The van der Waals surface area contributed by atoms with Crippen LogP contribution in [0.5, 0.6) is 0 Å². The zero-order valence-electron chi connectivity index (χ0n) is 11.1. The standard InChI is InChI=1S/C13H15N5S/c1-9(2)11-4-6-12(7-5-11)18-13(15-16-17-18)19-10(3)8-14/h4-7,9-10H,1-3H3/t10-/m1/s1. The lowest BCUT2D eigenvalue weighted by Crippen LogP contribution is -2.02. The van der Waals surface area contributed by atoms with E-state index < -0.39 is 0 Å². The van der Waals surface area contributed by atoms with Crippen molar-refractivity contribution >= 4 is 11.8 Å². The minimum absolute atomic E-state index is 0.181. The molecule has 19 heavy (non-hydrogen) atoms. The molecule has 0 saturated carbocycles. The van der Waals surface area contributed by atoms with Gasteiger partial charge in [-0.1, -0.05) is 37.7 Å². The van der Waals surface area contributed by atoms with Crippen molar-refractivity contribution in [2.45, 2.75) is 37.1 Å². The fourth-order valence-corrected chi connectivity index (χ4v) is 2.29. The average molecular weight is 273 g/mol. The Kier molecular flexibility index (Phi) is 4.17. The number of benzene rings is 1. The smallest absolute Gasteiger partial charge is 0.197 e. The number of nitrogens with zero attached hydrogens (tertiary/aromatic N) is 5. The fraction of sp³-hybridized carbons (Fsp3) is 0.385.